The van der Waals surface area contributed by atoms with Crippen molar-refractivity contribution in [2.45, 2.75) is 6.42 Å². The zero-order chi connectivity index (χ0) is 20.1. The Morgan fingerprint density at radius 1 is 0.821 bits per heavy atom. The molecule has 0 atom stereocenters. The number of nitrogens with one attached hydrogen (secondary N) is 1. The highest BCUT2D eigenvalue weighted by molar-refractivity contribution is 6.17. The fourth-order valence-electron chi connectivity index (χ4n) is 2.78. The molecule has 3 aromatic rings. The van der Waals surface area contributed by atoms with E-state index in [1.54, 1.807) is 48.5 Å². The smallest absolute Gasteiger partial charge is 0.307 e. The Balaban J connectivity index is 1.90. The molecule has 3 rings (SSSR count). The molecule has 0 aliphatic carbocycles. The van der Waals surface area contributed by atoms with Gasteiger partial charge in [-0.2, -0.15) is 0 Å². The standard InChI is InChI=1S/C22H17NO5/c24-19-11-10-14(13-20(25)26)12-18(19)23-22(28)17-9-5-4-8-16(17)21(27)15-6-2-1-3-7-15/h1-12,24H,13H2,(H,23,28)(H,25,26). The first-order valence-corrected chi connectivity index (χ1v) is 8.49. The lowest BCUT2D eigenvalue weighted by atomic mass is 9.98. The van der Waals surface area contributed by atoms with Gasteiger partial charge in [-0.25, -0.2) is 0 Å². The number of hydrogen-bond acceptors (Lipinski definition) is 4. The quantitative estimate of drug-likeness (QED) is 0.452. The second-order valence-electron chi connectivity index (χ2n) is 6.12. The van der Waals surface area contributed by atoms with E-state index in [1.807, 2.05) is 0 Å². The molecule has 0 unspecified atom stereocenters. The van der Waals surface area contributed by atoms with E-state index in [1.165, 1.54) is 24.3 Å². The second-order valence-corrected chi connectivity index (χ2v) is 6.12. The van der Waals surface area contributed by atoms with Crippen molar-refractivity contribution in [1.29, 1.82) is 0 Å². The van der Waals surface area contributed by atoms with Gasteiger partial charge in [-0.1, -0.05) is 54.6 Å². The predicted octanol–water partition coefficient (Wildman–Crippen LogP) is 3.50. The van der Waals surface area contributed by atoms with Crippen molar-refractivity contribution in [2.24, 2.45) is 0 Å². The van der Waals surface area contributed by atoms with E-state index in [-0.39, 0.29) is 34.8 Å². The Morgan fingerprint density at radius 2 is 1.46 bits per heavy atom. The van der Waals surface area contributed by atoms with Gasteiger partial charge in [-0.05, 0) is 23.8 Å². The molecule has 0 aliphatic rings. The zero-order valence-corrected chi connectivity index (χ0v) is 14.8. The van der Waals surface area contributed by atoms with Crippen LogP contribution in [0.25, 0.3) is 0 Å². The van der Waals surface area contributed by atoms with Crippen LogP contribution in [0.3, 0.4) is 0 Å². The van der Waals surface area contributed by atoms with E-state index in [0.29, 0.717) is 11.1 Å². The van der Waals surface area contributed by atoms with Crippen molar-refractivity contribution in [3.05, 3.63) is 95.1 Å². The van der Waals surface area contributed by atoms with Crippen molar-refractivity contribution in [3.63, 3.8) is 0 Å². The maximum atomic E-state index is 12.8. The van der Waals surface area contributed by atoms with E-state index in [4.69, 9.17) is 5.11 Å². The topological polar surface area (TPSA) is 104 Å². The van der Waals surface area contributed by atoms with E-state index in [9.17, 15) is 19.5 Å². The number of carbonyl (C=O) groups is 3. The number of amides is 1. The molecule has 140 valence electrons. The van der Waals surface area contributed by atoms with Gasteiger partial charge in [-0.3, -0.25) is 14.4 Å². The van der Waals surface area contributed by atoms with Gasteiger partial charge < -0.3 is 15.5 Å². The largest absolute Gasteiger partial charge is 0.506 e. The maximum Gasteiger partial charge on any atom is 0.307 e. The first-order chi connectivity index (χ1) is 13.5. The van der Waals surface area contributed by atoms with E-state index >= 15 is 0 Å². The number of carboxylic acids is 1. The molecule has 0 bridgehead atoms. The molecular weight excluding hydrogens is 358 g/mol. The first-order valence-electron chi connectivity index (χ1n) is 8.49. The highest BCUT2D eigenvalue weighted by Gasteiger charge is 2.19. The molecular formula is C22H17NO5. The van der Waals surface area contributed by atoms with Gasteiger partial charge in [0.25, 0.3) is 5.91 Å². The lowest BCUT2D eigenvalue weighted by Crippen LogP contribution is -2.17. The summed E-state index contributed by atoms with van der Waals surface area (Å²) in [6, 6.07) is 19.1. The van der Waals surface area contributed by atoms with Crippen LogP contribution in [0.5, 0.6) is 5.75 Å². The van der Waals surface area contributed by atoms with Crippen molar-refractivity contribution in [2.75, 3.05) is 5.32 Å². The predicted molar refractivity (Wildman–Crippen MR) is 104 cm³/mol. The van der Waals surface area contributed by atoms with E-state index < -0.39 is 11.9 Å². The van der Waals surface area contributed by atoms with Crippen molar-refractivity contribution in [1.82, 2.24) is 0 Å². The van der Waals surface area contributed by atoms with Gasteiger partial charge >= 0.3 is 5.97 Å². The molecule has 0 saturated carbocycles. The molecule has 0 heterocycles. The molecule has 0 radical (unpaired) electrons. The lowest BCUT2D eigenvalue weighted by molar-refractivity contribution is -0.136. The van der Waals surface area contributed by atoms with Crippen molar-refractivity contribution >= 4 is 23.3 Å². The minimum absolute atomic E-state index is 0.0747. The Morgan fingerprint density at radius 3 is 2.14 bits per heavy atom. The van der Waals surface area contributed by atoms with Crippen LogP contribution in [0, 0.1) is 0 Å². The zero-order valence-electron chi connectivity index (χ0n) is 14.8. The number of phenols is 1. The highest BCUT2D eigenvalue weighted by atomic mass is 16.4. The van der Waals surface area contributed by atoms with Crippen LogP contribution in [-0.2, 0) is 11.2 Å². The second kappa shape index (κ2) is 8.18. The third kappa shape index (κ3) is 4.24. The van der Waals surface area contributed by atoms with Gasteiger partial charge in [-0.15, -0.1) is 0 Å². The fourth-order valence-corrected chi connectivity index (χ4v) is 2.78. The number of hydrogen-bond donors (Lipinski definition) is 3. The fraction of sp³-hybridized carbons (Fsp3) is 0.0455. The molecule has 6 nitrogen and oxygen atoms in total. The number of anilines is 1. The molecule has 28 heavy (non-hydrogen) atoms. The summed E-state index contributed by atoms with van der Waals surface area (Å²) in [5.41, 5.74) is 1.33. The molecule has 0 aliphatic heterocycles. The van der Waals surface area contributed by atoms with Crippen molar-refractivity contribution < 1.29 is 24.6 Å². The normalized spacial score (nSPS) is 10.3. The summed E-state index contributed by atoms with van der Waals surface area (Å²) in [5, 5.41) is 21.5. The molecule has 3 aromatic carbocycles. The monoisotopic (exact) mass is 375 g/mol. The lowest BCUT2D eigenvalue weighted by Gasteiger charge is -2.12. The number of carbonyl (C=O) groups excluding carboxylic acids is 2. The minimum Gasteiger partial charge on any atom is -0.506 e. The Hall–Kier alpha value is -3.93. The van der Waals surface area contributed by atoms with Gasteiger partial charge in [0.05, 0.1) is 17.7 Å². The van der Waals surface area contributed by atoms with Gasteiger partial charge in [0.15, 0.2) is 5.78 Å². The van der Waals surface area contributed by atoms with Crippen LogP contribution in [0.1, 0.15) is 31.8 Å². The number of rotatable bonds is 6. The Kier molecular flexibility index (Phi) is 5.50. The van der Waals surface area contributed by atoms with Gasteiger partial charge in [0.2, 0.25) is 0 Å². The summed E-state index contributed by atoms with van der Waals surface area (Å²) in [7, 11) is 0. The first kappa shape index (κ1) is 18.8. The van der Waals surface area contributed by atoms with Crippen LogP contribution in [0.2, 0.25) is 0 Å². The number of phenolic OH excluding ortho intramolecular Hbond substituents is 1. The summed E-state index contributed by atoms with van der Waals surface area (Å²) < 4.78 is 0. The van der Waals surface area contributed by atoms with Crippen LogP contribution in [0.15, 0.2) is 72.8 Å². The average Bonchev–Trinajstić information content (AvgIpc) is 2.70. The van der Waals surface area contributed by atoms with Gasteiger partial charge in [0.1, 0.15) is 5.75 Å². The number of aromatic hydroxyl groups is 1. The summed E-state index contributed by atoms with van der Waals surface area (Å²) in [5.74, 6) is -2.10. The summed E-state index contributed by atoms with van der Waals surface area (Å²) in [4.78, 5) is 36.4. The third-order valence-corrected chi connectivity index (χ3v) is 4.12. The maximum absolute atomic E-state index is 12.8. The van der Waals surface area contributed by atoms with Crippen LogP contribution < -0.4 is 5.32 Å². The summed E-state index contributed by atoms with van der Waals surface area (Å²) >= 11 is 0. The van der Waals surface area contributed by atoms with Crippen molar-refractivity contribution in [3.8, 4) is 5.75 Å². The molecule has 3 N–H and O–H groups in total. The molecule has 0 saturated heterocycles. The summed E-state index contributed by atoms with van der Waals surface area (Å²) in [6.45, 7) is 0. The molecule has 0 fully saturated rings. The Bertz CT molecular complexity index is 1040. The van der Waals surface area contributed by atoms with E-state index in [2.05, 4.69) is 5.32 Å². The molecule has 1 amide bonds. The number of aliphatic carboxylic acids is 1. The number of carboxylic acid groups (broad SMARTS) is 1. The molecule has 0 spiro atoms. The van der Waals surface area contributed by atoms with Gasteiger partial charge in [0, 0.05) is 11.1 Å². The summed E-state index contributed by atoms with van der Waals surface area (Å²) in [6.07, 6.45) is -0.244. The number of ketones is 1. The number of benzene rings is 3. The van der Waals surface area contributed by atoms with Crippen LogP contribution in [-0.4, -0.2) is 27.9 Å². The molecule has 0 aromatic heterocycles. The minimum atomic E-state index is -1.03. The van der Waals surface area contributed by atoms with Crippen LogP contribution >= 0.6 is 0 Å². The Labute approximate surface area is 161 Å². The SMILES string of the molecule is O=C(O)Cc1ccc(O)c(NC(=O)c2ccccc2C(=O)c2ccccc2)c1. The van der Waals surface area contributed by atoms with E-state index in [0.717, 1.165) is 0 Å². The third-order valence-electron chi connectivity index (χ3n) is 4.12. The molecule has 6 heteroatoms. The average molecular weight is 375 g/mol. The highest BCUT2D eigenvalue weighted by Crippen LogP contribution is 2.26. The van der Waals surface area contributed by atoms with Crippen LogP contribution in [0.4, 0.5) is 5.69 Å².